The minimum Gasteiger partial charge on any atom is -0.339 e. The summed E-state index contributed by atoms with van der Waals surface area (Å²) in [6, 6.07) is 6.96. The Balaban J connectivity index is 2.11. The number of aryl methyl sites for hydroxylation is 1. The molecule has 0 bridgehead atoms. The van der Waals surface area contributed by atoms with Crippen LogP contribution in [-0.4, -0.2) is 9.97 Å². The molecule has 2 heterocycles. The highest BCUT2D eigenvalue weighted by Crippen LogP contribution is 2.32. The smallest absolute Gasteiger partial charge is 0.225 e. The van der Waals surface area contributed by atoms with Gasteiger partial charge in [-0.2, -0.15) is 4.98 Å². The van der Waals surface area contributed by atoms with Gasteiger partial charge in [-0.25, -0.2) is 9.37 Å². The summed E-state index contributed by atoms with van der Waals surface area (Å²) in [5.74, 6) is 0.352. The lowest BCUT2D eigenvalue weighted by molar-refractivity contribution is 0.619. The molecule has 3 aromatic rings. The molecule has 1 N–H and O–H groups in total. The molecule has 3 rings (SSSR count). The van der Waals surface area contributed by atoms with Crippen LogP contribution in [0.3, 0.4) is 0 Å². The number of fused-ring (bicyclic) bond motifs is 1. The number of halogens is 2. The van der Waals surface area contributed by atoms with Gasteiger partial charge in [0.2, 0.25) is 5.28 Å². The monoisotopic (exact) mass is 321 g/mol. The van der Waals surface area contributed by atoms with Crippen molar-refractivity contribution in [3.8, 4) is 0 Å². The van der Waals surface area contributed by atoms with Crippen LogP contribution < -0.4 is 5.32 Å². The third-order valence-electron chi connectivity index (χ3n) is 3.29. The van der Waals surface area contributed by atoms with Crippen LogP contribution in [0.2, 0.25) is 5.28 Å². The van der Waals surface area contributed by atoms with Crippen molar-refractivity contribution in [1.29, 1.82) is 0 Å². The molecule has 0 aliphatic rings. The molecule has 3 nitrogen and oxygen atoms in total. The first-order chi connectivity index (χ1) is 10.1. The number of aromatic nitrogens is 2. The lowest BCUT2D eigenvalue weighted by Gasteiger charge is -2.10. The van der Waals surface area contributed by atoms with Gasteiger partial charge in [-0.15, -0.1) is 11.3 Å². The van der Waals surface area contributed by atoms with Gasteiger partial charge in [0.1, 0.15) is 16.5 Å². The summed E-state index contributed by atoms with van der Waals surface area (Å²) >= 11 is 7.58. The van der Waals surface area contributed by atoms with Gasteiger partial charge in [0.25, 0.3) is 0 Å². The van der Waals surface area contributed by atoms with Crippen LogP contribution in [0, 0.1) is 12.7 Å². The van der Waals surface area contributed by atoms with E-state index in [2.05, 4.69) is 22.2 Å². The summed E-state index contributed by atoms with van der Waals surface area (Å²) in [6.07, 6.45) is 0.928. The lowest BCUT2D eigenvalue weighted by Crippen LogP contribution is -1.99. The summed E-state index contributed by atoms with van der Waals surface area (Å²) in [5, 5.41) is 4.26. The topological polar surface area (TPSA) is 37.8 Å². The van der Waals surface area contributed by atoms with Crippen LogP contribution in [0.5, 0.6) is 0 Å². The molecule has 0 amide bonds. The Bertz CT molecular complexity index is 816. The highest BCUT2D eigenvalue weighted by Gasteiger charge is 2.12. The van der Waals surface area contributed by atoms with E-state index in [9.17, 15) is 4.39 Å². The third-order valence-corrected chi connectivity index (χ3v) is 4.63. The van der Waals surface area contributed by atoms with E-state index in [1.807, 2.05) is 12.1 Å². The Kier molecular flexibility index (Phi) is 3.78. The molecule has 2 aromatic heterocycles. The zero-order valence-electron chi connectivity index (χ0n) is 11.6. The highest BCUT2D eigenvalue weighted by atomic mass is 35.5. The fourth-order valence-corrected chi connectivity index (χ4v) is 3.27. The van der Waals surface area contributed by atoms with Gasteiger partial charge in [0.05, 0.1) is 5.39 Å². The van der Waals surface area contributed by atoms with Crippen LogP contribution in [0.25, 0.3) is 10.2 Å². The van der Waals surface area contributed by atoms with Crippen molar-refractivity contribution in [2.24, 2.45) is 0 Å². The van der Waals surface area contributed by atoms with E-state index in [1.165, 1.54) is 10.9 Å². The number of thiophene rings is 1. The van der Waals surface area contributed by atoms with Gasteiger partial charge < -0.3 is 5.32 Å². The summed E-state index contributed by atoms with van der Waals surface area (Å²) in [5.41, 5.74) is 1.22. The summed E-state index contributed by atoms with van der Waals surface area (Å²) in [7, 11) is 0. The third kappa shape index (κ3) is 2.71. The molecule has 0 spiro atoms. The zero-order valence-corrected chi connectivity index (χ0v) is 13.1. The first kappa shape index (κ1) is 14.2. The standard InChI is InChI=1S/C15H13ClFN3S/c1-3-9-7-10-13(19-15(16)20-14(10)21-9)18-12-6-4-5-11(17)8(12)2/h4-7H,3H2,1-2H3,(H,18,19,20). The molecule has 0 fully saturated rings. The molecule has 0 unspecified atom stereocenters. The normalized spacial score (nSPS) is 11.0. The second-order valence-corrected chi connectivity index (χ2v) is 6.12. The van der Waals surface area contributed by atoms with Gasteiger partial charge in [0.15, 0.2) is 0 Å². The Hall–Kier alpha value is -1.72. The number of anilines is 2. The molecule has 0 saturated carbocycles. The molecular formula is C15H13ClFN3S. The molecule has 0 aliphatic heterocycles. The van der Waals surface area contributed by atoms with Crippen molar-refractivity contribution in [2.75, 3.05) is 5.32 Å². The van der Waals surface area contributed by atoms with Crippen molar-refractivity contribution in [3.63, 3.8) is 0 Å². The van der Waals surface area contributed by atoms with E-state index in [-0.39, 0.29) is 11.1 Å². The minimum atomic E-state index is -0.254. The summed E-state index contributed by atoms with van der Waals surface area (Å²) < 4.78 is 13.6. The van der Waals surface area contributed by atoms with Crippen molar-refractivity contribution in [2.45, 2.75) is 20.3 Å². The van der Waals surface area contributed by atoms with E-state index < -0.39 is 0 Å². The number of nitrogens with zero attached hydrogens (tertiary/aromatic N) is 2. The average molecular weight is 322 g/mol. The lowest BCUT2D eigenvalue weighted by atomic mass is 10.2. The van der Waals surface area contributed by atoms with Crippen LogP contribution in [-0.2, 0) is 6.42 Å². The number of benzene rings is 1. The highest BCUT2D eigenvalue weighted by molar-refractivity contribution is 7.18. The fourth-order valence-electron chi connectivity index (χ4n) is 2.09. The van der Waals surface area contributed by atoms with E-state index >= 15 is 0 Å². The maximum Gasteiger partial charge on any atom is 0.225 e. The van der Waals surface area contributed by atoms with Gasteiger partial charge in [-0.05, 0) is 43.1 Å². The number of hydrogen-bond acceptors (Lipinski definition) is 4. The van der Waals surface area contributed by atoms with Crippen molar-refractivity contribution in [3.05, 3.63) is 45.8 Å². The Morgan fingerprint density at radius 1 is 1.33 bits per heavy atom. The molecule has 0 atom stereocenters. The van der Waals surface area contributed by atoms with E-state index in [0.717, 1.165) is 16.6 Å². The second kappa shape index (κ2) is 5.58. The maximum atomic E-state index is 13.6. The number of nitrogens with one attached hydrogen (secondary N) is 1. The Morgan fingerprint density at radius 2 is 2.14 bits per heavy atom. The first-order valence-electron chi connectivity index (χ1n) is 6.56. The molecule has 21 heavy (non-hydrogen) atoms. The van der Waals surface area contributed by atoms with Crippen LogP contribution in [0.4, 0.5) is 15.9 Å². The van der Waals surface area contributed by atoms with Gasteiger partial charge in [-0.1, -0.05) is 13.0 Å². The van der Waals surface area contributed by atoms with Crippen molar-refractivity contribution < 1.29 is 4.39 Å². The summed E-state index contributed by atoms with van der Waals surface area (Å²) in [4.78, 5) is 10.5. The van der Waals surface area contributed by atoms with Crippen LogP contribution >= 0.6 is 22.9 Å². The zero-order chi connectivity index (χ0) is 15.0. The largest absolute Gasteiger partial charge is 0.339 e. The van der Waals surface area contributed by atoms with E-state index in [4.69, 9.17) is 11.6 Å². The maximum absolute atomic E-state index is 13.6. The number of rotatable bonds is 3. The first-order valence-corrected chi connectivity index (χ1v) is 7.76. The van der Waals surface area contributed by atoms with Gasteiger partial charge >= 0.3 is 0 Å². The van der Waals surface area contributed by atoms with Crippen molar-refractivity contribution >= 4 is 44.7 Å². The Morgan fingerprint density at radius 3 is 2.90 bits per heavy atom. The molecule has 0 saturated heterocycles. The molecular weight excluding hydrogens is 309 g/mol. The predicted molar refractivity (Wildman–Crippen MR) is 86.2 cm³/mol. The quantitative estimate of drug-likeness (QED) is 0.682. The molecule has 1 aromatic carbocycles. The van der Waals surface area contributed by atoms with Crippen LogP contribution in [0.1, 0.15) is 17.4 Å². The predicted octanol–water partition coefficient (Wildman–Crippen LogP) is 5.10. The fraction of sp³-hybridized carbons (Fsp3) is 0.200. The van der Waals surface area contributed by atoms with Gasteiger partial charge in [0, 0.05) is 16.1 Å². The Labute approximate surface area is 130 Å². The molecule has 0 aliphatic carbocycles. The minimum absolute atomic E-state index is 0.184. The van der Waals surface area contributed by atoms with E-state index in [0.29, 0.717) is 17.1 Å². The average Bonchev–Trinajstić information content (AvgIpc) is 2.87. The number of hydrogen-bond donors (Lipinski definition) is 1. The van der Waals surface area contributed by atoms with E-state index in [1.54, 1.807) is 24.3 Å². The molecule has 108 valence electrons. The van der Waals surface area contributed by atoms with Gasteiger partial charge in [-0.3, -0.25) is 0 Å². The van der Waals surface area contributed by atoms with Crippen LogP contribution in [0.15, 0.2) is 24.3 Å². The molecule has 6 heteroatoms. The molecule has 0 radical (unpaired) electrons. The van der Waals surface area contributed by atoms with Crippen molar-refractivity contribution in [1.82, 2.24) is 9.97 Å². The summed E-state index contributed by atoms with van der Waals surface area (Å²) in [6.45, 7) is 3.81. The second-order valence-electron chi connectivity index (χ2n) is 4.66. The SMILES string of the molecule is CCc1cc2c(Nc3cccc(F)c3C)nc(Cl)nc2s1.